The molecule has 3 aromatic carbocycles. The van der Waals surface area contributed by atoms with Crippen LogP contribution in [-0.4, -0.2) is 50.5 Å². The van der Waals surface area contributed by atoms with Crippen molar-refractivity contribution in [1.29, 1.82) is 0 Å². The van der Waals surface area contributed by atoms with E-state index in [9.17, 15) is 22.4 Å². The van der Waals surface area contributed by atoms with Gasteiger partial charge >= 0.3 is 0 Å². The first-order chi connectivity index (χ1) is 19.5. The van der Waals surface area contributed by atoms with Gasteiger partial charge in [0.2, 0.25) is 21.8 Å². The highest BCUT2D eigenvalue weighted by molar-refractivity contribution is 7.92. The van der Waals surface area contributed by atoms with Crippen LogP contribution in [0.4, 0.5) is 10.1 Å². The Balaban J connectivity index is 1.91. The normalized spacial score (nSPS) is 12.0. The van der Waals surface area contributed by atoms with Crippen LogP contribution >= 0.6 is 23.2 Å². The Morgan fingerprint density at radius 2 is 1.59 bits per heavy atom. The van der Waals surface area contributed by atoms with Crippen LogP contribution in [0, 0.1) is 5.82 Å². The lowest BCUT2D eigenvalue weighted by molar-refractivity contribution is -0.141. The van der Waals surface area contributed by atoms with Crippen molar-refractivity contribution < 1.29 is 22.4 Å². The van der Waals surface area contributed by atoms with Crippen LogP contribution in [0.3, 0.4) is 0 Å². The Morgan fingerprint density at radius 3 is 2.17 bits per heavy atom. The number of carbonyl (C=O) groups is 2. The van der Waals surface area contributed by atoms with Gasteiger partial charge in [-0.05, 0) is 54.8 Å². The van der Waals surface area contributed by atoms with Crippen molar-refractivity contribution in [2.45, 2.75) is 45.2 Å². The summed E-state index contributed by atoms with van der Waals surface area (Å²) in [6.07, 6.45) is 2.14. The average Bonchev–Trinajstić information content (AvgIpc) is 2.93. The van der Waals surface area contributed by atoms with Gasteiger partial charge in [-0.3, -0.25) is 13.9 Å². The van der Waals surface area contributed by atoms with Crippen molar-refractivity contribution in [3.8, 4) is 0 Å². The Bertz CT molecular complexity index is 1400. The SMILES string of the molecule is CCCNC(=O)C(Cc1ccccc1)N(Cc1c(Cl)cccc1Cl)C(=O)CCCN(c1ccc(F)cc1)S(C)(=O)=O. The van der Waals surface area contributed by atoms with Crippen molar-refractivity contribution in [3.05, 3.63) is 99.8 Å². The Kier molecular flexibility index (Phi) is 12.0. The number of anilines is 1. The number of hydrogen-bond acceptors (Lipinski definition) is 4. The predicted molar refractivity (Wildman–Crippen MR) is 162 cm³/mol. The molecule has 2 amide bonds. The van der Waals surface area contributed by atoms with Crippen LogP contribution in [-0.2, 0) is 32.6 Å². The second-order valence-electron chi connectivity index (χ2n) is 9.63. The summed E-state index contributed by atoms with van der Waals surface area (Å²) in [5.41, 5.74) is 1.67. The molecular weight excluding hydrogens is 588 g/mol. The minimum Gasteiger partial charge on any atom is -0.354 e. The summed E-state index contributed by atoms with van der Waals surface area (Å²) >= 11 is 12.9. The van der Waals surface area contributed by atoms with Gasteiger partial charge in [0.25, 0.3) is 0 Å². The molecule has 0 aliphatic rings. The van der Waals surface area contributed by atoms with Crippen LogP contribution in [0.5, 0.6) is 0 Å². The number of carbonyl (C=O) groups excluding carboxylic acids is 2. The fraction of sp³-hybridized carbons (Fsp3) is 0.333. The molecule has 1 N–H and O–H groups in total. The lowest BCUT2D eigenvalue weighted by Crippen LogP contribution is -2.50. The molecule has 41 heavy (non-hydrogen) atoms. The first-order valence-electron chi connectivity index (χ1n) is 13.3. The summed E-state index contributed by atoms with van der Waals surface area (Å²) in [6, 6.07) is 18.6. The van der Waals surface area contributed by atoms with Crippen molar-refractivity contribution in [2.75, 3.05) is 23.7 Å². The predicted octanol–water partition coefficient (Wildman–Crippen LogP) is 5.85. The van der Waals surface area contributed by atoms with E-state index in [-0.39, 0.29) is 44.2 Å². The van der Waals surface area contributed by atoms with Gasteiger partial charge in [-0.15, -0.1) is 0 Å². The number of nitrogens with one attached hydrogen (secondary N) is 1. The highest BCUT2D eigenvalue weighted by Gasteiger charge is 2.31. The zero-order valence-corrected chi connectivity index (χ0v) is 25.4. The molecule has 0 saturated carbocycles. The van der Waals surface area contributed by atoms with E-state index < -0.39 is 21.9 Å². The number of hydrogen-bond donors (Lipinski definition) is 1. The van der Waals surface area contributed by atoms with Crippen molar-refractivity contribution in [2.24, 2.45) is 0 Å². The first-order valence-corrected chi connectivity index (χ1v) is 15.9. The van der Waals surface area contributed by atoms with Crippen LogP contribution in [0.25, 0.3) is 0 Å². The number of nitrogens with zero attached hydrogens (tertiary/aromatic N) is 2. The fourth-order valence-electron chi connectivity index (χ4n) is 4.38. The smallest absolute Gasteiger partial charge is 0.243 e. The van der Waals surface area contributed by atoms with E-state index in [2.05, 4.69) is 5.32 Å². The molecule has 0 heterocycles. The fourth-order valence-corrected chi connectivity index (χ4v) is 5.87. The molecule has 3 aromatic rings. The van der Waals surface area contributed by atoms with Gasteiger partial charge in [0.05, 0.1) is 11.9 Å². The standard InChI is InChI=1S/C30H34Cl2FN3O4S/c1-3-18-34-30(38)28(20-22-9-5-4-6-10-22)35(21-25-26(31)11-7-12-27(25)32)29(37)13-8-19-36(41(2,39)40)24-16-14-23(33)15-17-24/h4-7,9-12,14-17,28H,3,8,13,18-21H2,1-2H3,(H,34,38). The molecule has 1 unspecified atom stereocenters. The van der Waals surface area contributed by atoms with Gasteiger partial charge in [-0.1, -0.05) is 66.5 Å². The molecule has 11 heteroatoms. The van der Waals surface area contributed by atoms with Gasteiger partial charge in [0.1, 0.15) is 11.9 Å². The maximum Gasteiger partial charge on any atom is 0.243 e. The van der Waals surface area contributed by atoms with Crippen molar-refractivity contribution in [1.82, 2.24) is 10.2 Å². The summed E-state index contributed by atoms with van der Waals surface area (Å²) in [5, 5.41) is 3.63. The number of rotatable bonds is 14. The van der Waals surface area contributed by atoms with E-state index in [4.69, 9.17) is 23.2 Å². The Labute approximate surface area is 251 Å². The molecule has 0 fully saturated rings. The monoisotopic (exact) mass is 621 g/mol. The average molecular weight is 623 g/mol. The second-order valence-corrected chi connectivity index (χ2v) is 12.4. The van der Waals surface area contributed by atoms with Gasteiger partial charge in [-0.25, -0.2) is 12.8 Å². The van der Waals surface area contributed by atoms with E-state index in [0.29, 0.717) is 27.8 Å². The van der Waals surface area contributed by atoms with E-state index in [1.54, 1.807) is 18.2 Å². The molecule has 0 bridgehead atoms. The van der Waals surface area contributed by atoms with Crippen LogP contribution in [0.2, 0.25) is 10.0 Å². The largest absolute Gasteiger partial charge is 0.354 e. The van der Waals surface area contributed by atoms with Crippen LogP contribution in [0.1, 0.15) is 37.3 Å². The minimum absolute atomic E-state index is 0.0116. The summed E-state index contributed by atoms with van der Waals surface area (Å²) < 4.78 is 39.6. The van der Waals surface area contributed by atoms with Crippen molar-refractivity contribution in [3.63, 3.8) is 0 Å². The topological polar surface area (TPSA) is 86.8 Å². The van der Waals surface area contributed by atoms with Crippen molar-refractivity contribution >= 4 is 50.7 Å². The molecule has 0 saturated heterocycles. The second kappa shape index (κ2) is 15.2. The molecule has 0 radical (unpaired) electrons. The zero-order chi connectivity index (χ0) is 30.0. The quantitative estimate of drug-likeness (QED) is 0.245. The summed E-state index contributed by atoms with van der Waals surface area (Å²) in [4.78, 5) is 28.8. The summed E-state index contributed by atoms with van der Waals surface area (Å²) in [7, 11) is -3.70. The van der Waals surface area contributed by atoms with Gasteiger partial charge < -0.3 is 10.2 Å². The maximum absolute atomic E-state index is 13.8. The third kappa shape index (κ3) is 9.45. The Hall–Kier alpha value is -3.14. The molecule has 3 rings (SSSR count). The summed E-state index contributed by atoms with van der Waals surface area (Å²) in [5.74, 6) is -1.16. The molecule has 0 aromatic heterocycles. The molecule has 7 nitrogen and oxygen atoms in total. The van der Waals surface area contributed by atoms with E-state index >= 15 is 0 Å². The lowest BCUT2D eigenvalue weighted by Gasteiger charge is -2.32. The molecule has 1 atom stereocenters. The Morgan fingerprint density at radius 1 is 0.951 bits per heavy atom. The third-order valence-corrected chi connectivity index (χ3v) is 8.38. The van der Waals surface area contributed by atoms with Crippen LogP contribution in [0.15, 0.2) is 72.8 Å². The molecule has 220 valence electrons. The van der Waals surface area contributed by atoms with E-state index in [1.165, 1.54) is 29.2 Å². The lowest BCUT2D eigenvalue weighted by atomic mass is 10.0. The summed E-state index contributed by atoms with van der Waals surface area (Å²) in [6.45, 7) is 2.36. The van der Waals surface area contributed by atoms with Gasteiger partial charge in [0.15, 0.2) is 0 Å². The van der Waals surface area contributed by atoms with E-state index in [0.717, 1.165) is 22.5 Å². The number of amides is 2. The third-order valence-electron chi connectivity index (χ3n) is 6.48. The van der Waals surface area contributed by atoms with E-state index in [1.807, 2.05) is 37.3 Å². The number of halogens is 3. The number of benzene rings is 3. The molecule has 0 spiro atoms. The molecule has 0 aliphatic heterocycles. The van der Waals surface area contributed by atoms with Gasteiger partial charge in [0, 0.05) is 48.1 Å². The molecule has 0 aliphatic carbocycles. The highest BCUT2D eigenvalue weighted by atomic mass is 35.5. The number of sulfonamides is 1. The maximum atomic E-state index is 13.8. The van der Waals surface area contributed by atoms with Crippen LogP contribution < -0.4 is 9.62 Å². The van der Waals surface area contributed by atoms with Gasteiger partial charge in [-0.2, -0.15) is 0 Å². The first kappa shape index (κ1) is 32.4. The zero-order valence-electron chi connectivity index (χ0n) is 23.0. The highest BCUT2D eigenvalue weighted by Crippen LogP contribution is 2.28. The minimum atomic E-state index is -3.70. The molecular formula is C30H34Cl2FN3O4S.